The summed E-state index contributed by atoms with van der Waals surface area (Å²) in [5, 5.41) is 0. The molecule has 0 amide bonds. The molecule has 1 aliphatic rings. The van der Waals surface area contributed by atoms with E-state index in [4.69, 9.17) is 0 Å². The van der Waals surface area contributed by atoms with Crippen molar-refractivity contribution in [2.24, 2.45) is 0 Å². The van der Waals surface area contributed by atoms with Crippen molar-refractivity contribution in [1.29, 1.82) is 0 Å². The molecule has 18 heavy (non-hydrogen) atoms. The van der Waals surface area contributed by atoms with Gasteiger partial charge in [-0.2, -0.15) is 0 Å². The minimum atomic E-state index is 0.509. The molecule has 1 nitrogen and oxygen atoms in total. The third kappa shape index (κ3) is 2.19. The fourth-order valence-electron chi connectivity index (χ4n) is 2.86. The quantitative estimate of drug-likeness (QED) is 0.734. The van der Waals surface area contributed by atoms with Gasteiger partial charge in [0.25, 0.3) is 0 Å². The van der Waals surface area contributed by atoms with E-state index in [-0.39, 0.29) is 0 Å². The van der Waals surface area contributed by atoms with E-state index in [0.29, 0.717) is 6.04 Å². The van der Waals surface area contributed by atoms with E-state index in [1.807, 2.05) is 0 Å². The van der Waals surface area contributed by atoms with Crippen LogP contribution in [0.2, 0.25) is 0 Å². The van der Waals surface area contributed by atoms with Gasteiger partial charge in [0.2, 0.25) is 0 Å². The highest BCUT2D eigenvalue weighted by atomic mass is 15.1. The lowest BCUT2D eigenvalue weighted by atomic mass is 9.96. The highest BCUT2D eigenvalue weighted by Crippen LogP contribution is 2.28. The van der Waals surface area contributed by atoms with Crippen molar-refractivity contribution in [2.45, 2.75) is 18.9 Å². The van der Waals surface area contributed by atoms with E-state index in [1.165, 1.54) is 16.7 Å². The maximum atomic E-state index is 2.48. The summed E-state index contributed by atoms with van der Waals surface area (Å²) < 4.78 is 0. The molecule has 1 heterocycles. The monoisotopic (exact) mass is 237 g/mol. The summed E-state index contributed by atoms with van der Waals surface area (Å²) in [7, 11) is 2.24. The van der Waals surface area contributed by atoms with Crippen molar-refractivity contribution >= 4 is 0 Å². The Bertz CT molecular complexity index is 518. The molecule has 1 atom stereocenters. The third-order valence-corrected chi connectivity index (χ3v) is 3.98. The summed E-state index contributed by atoms with van der Waals surface area (Å²) in [6, 6.07) is 20.2. The first-order valence-corrected chi connectivity index (χ1v) is 6.66. The van der Waals surface area contributed by atoms with E-state index in [1.54, 1.807) is 0 Å². The molecule has 2 aromatic carbocycles. The first-order chi connectivity index (χ1) is 8.84. The number of rotatable bonds is 1. The van der Waals surface area contributed by atoms with Gasteiger partial charge in [-0.25, -0.2) is 0 Å². The number of benzene rings is 2. The summed E-state index contributed by atoms with van der Waals surface area (Å²) in [5.74, 6) is 0. The Morgan fingerprint density at radius 3 is 2.33 bits per heavy atom. The molecule has 0 saturated heterocycles. The van der Waals surface area contributed by atoms with Gasteiger partial charge < -0.3 is 0 Å². The summed E-state index contributed by atoms with van der Waals surface area (Å²) in [6.45, 7) is 1.14. The highest BCUT2D eigenvalue weighted by molar-refractivity contribution is 5.32. The molecule has 0 aromatic heterocycles. The smallest absolute Gasteiger partial charge is 0.0385 e. The van der Waals surface area contributed by atoms with Gasteiger partial charge in [0.1, 0.15) is 0 Å². The zero-order valence-corrected chi connectivity index (χ0v) is 10.8. The molecule has 0 N–H and O–H groups in total. The Morgan fingerprint density at radius 2 is 1.56 bits per heavy atom. The van der Waals surface area contributed by atoms with Crippen LogP contribution in [0.25, 0.3) is 0 Å². The lowest BCUT2D eigenvalue weighted by Crippen LogP contribution is -2.26. The average Bonchev–Trinajstić information content (AvgIpc) is 2.60. The van der Waals surface area contributed by atoms with Gasteiger partial charge in [-0.1, -0.05) is 54.6 Å². The van der Waals surface area contributed by atoms with Gasteiger partial charge in [0.15, 0.2) is 0 Å². The lowest BCUT2D eigenvalue weighted by Gasteiger charge is -2.26. The largest absolute Gasteiger partial charge is 0.299 e. The van der Waals surface area contributed by atoms with E-state index in [2.05, 4.69) is 66.5 Å². The third-order valence-electron chi connectivity index (χ3n) is 3.98. The molecule has 92 valence electrons. The van der Waals surface area contributed by atoms with Gasteiger partial charge >= 0.3 is 0 Å². The molecule has 0 aliphatic carbocycles. The summed E-state index contributed by atoms with van der Waals surface area (Å²) >= 11 is 0. The standard InChI is InChI=1S/C17H19N/c1-18-12-11-14-7-5-6-10-16(14)13-17(18)15-8-3-2-4-9-15/h2-10,17H,11-13H2,1H3. The number of likely N-dealkylation sites (N-methyl/N-ethyl adjacent to an activating group) is 1. The summed E-state index contributed by atoms with van der Waals surface area (Å²) in [5.41, 5.74) is 4.45. The number of hydrogen-bond donors (Lipinski definition) is 0. The Balaban J connectivity index is 1.96. The molecule has 2 aromatic rings. The summed E-state index contributed by atoms with van der Waals surface area (Å²) in [4.78, 5) is 2.48. The fraction of sp³-hybridized carbons (Fsp3) is 0.294. The summed E-state index contributed by atoms with van der Waals surface area (Å²) in [6.07, 6.45) is 2.28. The van der Waals surface area contributed by atoms with E-state index in [0.717, 1.165) is 19.4 Å². The molecule has 1 heteroatoms. The fourth-order valence-corrected chi connectivity index (χ4v) is 2.86. The predicted molar refractivity (Wildman–Crippen MR) is 75.7 cm³/mol. The van der Waals surface area contributed by atoms with Gasteiger partial charge in [-0.15, -0.1) is 0 Å². The second-order valence-corrected chi connectivity index (χ2v) is 5.13. The maximum Gasteiger partial charge on any atom is 0.0385 e. The SMILES string of the molecule is CN1CCc2ccccc2CC1c1ccccc1. The Labute approximate surface area is 109 Å². The molecule has 1 aliphatic heterocycles. The first kappa shape index (κ1) is 11.5. The molecule has 0 radical (unpaired) electrons. The minimum absolute atomic E-state index is 0.509. The van der Waals surface area contributed by atoms with E-state index >= 15 is 0 Å². The number of nitrogens with zero attached hydrogens (tertiary/aromatic N) is 1. The van der Waals surface area contributed by atoms with Crippen LogP contribution in [0.15, 0.2) is 54.6 Å². The Kier molecular flexibility index (Phi) is 3.16. The maximum absolute atomic E-state index is 2.48. The molecule has 0 spiro atoms. The Hall–Kier alpha value is -1.60. The van der Waals surface area contributed by atoms with Crippen LogP contribution in [0.1, 0.15) is 22.7 Å². The van der Waals surface area contributed by atoms with Crippen LogP contribution >= 0.6 is 0 Å². The first-order valence-electron chi connectivity index (χ1n) is 6.66. The van der Waals surface area contributed by atoms with Crippen LogP contribution in [0.5, 0.6) is 0 Å². The molecule has 1 unspecified atom stereocenters. The highest BCUT2D eigenvalue weighted by Gasteiger charge is 2.21. The lowest BCUT2D eigenvalue weighted by molar-refractivity contribution is 0.254. The van der Waals surface area contributed by atoms with E-state index in [9.17, 15) is 0 Å². The molecular weight excluding hydrogens is 218 g/mol. The molecular formula is C17H19N. The zero-order valence-electron chi connectivity index (χ0n) is 10.8. The topological polar surface area (TPSA) is 3.24 Å². The number of hydrogen-bond acceptors (Lipinski definition) is 1. The molecule has 0 bridgehead atoms. The van der Waals surface area contributed by atoms with Crippen molar-refractivity contribution in [1.82, 2.24) is 4.90 Å². The second-order valence-electron chi connectivity index (χ2n) is 5.13. The molecule has 0 saturated carbocycles. The molecule has 0 fully saturated rings. The van der Waals surface area contributed by atoms with Crippen molar-refractivity contribution in [3.8, 4) is 0 Å². The second kappa shape index (κ2) is 4.95. The minimum Gasteiger partial charge on any atom is -0.299 e. The van der Waals surface area contributed by atoms with Crippen LogP contribution in [-0.4, -0.2) is 18.5 Å². The van der Waals surface area contributed by atoms with Crippen molar-refractivity contribution < 1.29 is 0 Å². The zero-order chi connectivity index (χ0) is 12.4. The number of fused-ring (bicyclic) bond motifs is 1. The van der Waals surface area contributed by atoms with Gasteiger partial charge in [0, 0.05) is 12.6 Å². The van der Waals surface area contributed by atoms with Crippen LogP contribution in [-0.2, 0) is 12.8 Å². The van der Waals surface area contributed by atoms with Crippen LogP contribution in [0, 0.1) is 0 Å². The van der Waals surface area contributed by atoms with Crippen molar-refractivity contribution in [2.75, 3.05) is 13.6 Å². The van der Waals surface area contributed by atoms with Crippen molar-refractivity contribution in [3.05, 3.63) is 71.3 Å². The molecule has 3 rings (SSSR count). The average molecular weight is 237 g/mol. The van der Waals surface area contributed by atoms with Crippen LogP contribution in [0.4, 0.5) is 0 Å². The van der Waals surface area contributed by atoms with Gasteiger partial charge in [0.05, 0.1) is 0 Å². The van der Waals surface area contributed by atoms with Gasteiger partial charge in [-0.05, 0) is 36.6 Å². The Morgan fingerprint density at radius 1 is 0.889 bits per heavy atom. The normalized spacial score (nSPS) is 20.2. The van der Waals surface area contributed by atoms with Crippen LogP contribution in [0.3, 0.4) is 0 Å². The van der Waals surface area contributed by atoms with E-state index < -0.39 is 0 Å². The van der Waals surface area contributed by atoms with Gasteiger partial charge in [-0.3, -0.25) is 4.90 Å². The van der Waals surface area contributed by atoms with Crippen LogP contribution < -0.4 is 0 Å². The predicted octanol–water partition coefficient (Wildman–Crippen LogP) is 3.46. The van der Waals surface area contributed by atoms with Crippen molar-refractivity contribution in [3.63, 3.8) is 0 Å².